The van der Waals surface area contributed by atoms with Crippen molar-refractivity contribution < 1.29 is 13.6 Å². The lowest BCUT2D eigenvalue weighted by molar-refractivity contribution is -0.118. The van der Waals surface area contributed by atoms with E-state index in [-0.39, 0.29) is 11.7 Å². The van der Waals surface area contributed by atoms with Crippen molar-refractivity contribution >= 4 is 34.2 Å². The van der Waals surface area contributed by atoms with Gasteiger partial charge >= 0.3 is 0 Å². The summed E-state index contributed by atoms with van der Waals surface area (Å²) in [6.07, 6.45) is 3.17. The predicted octanol–water partition coefficient (Wildman–Crippen LogP) is 3.54. The number of nitrogens with zero attached hydrogens (tertiary/aromatic N) is 4. The number of carbonyl (C=O) groups is 1. The second-order valence-corrected chi connectivity index (χ2v) is 7.16. The molecule has 1 aromatic carbocycles. The van der Waals surface area contributed by atoms with Crippen LogP contribution in [0.1, 0.15) is 5.76 Å². The average Bonchev–Trinajstić information content (AvgIpc) is 3.52. The maximum atomic E-state index is 12.2. The first-order chi connectivity index (χ1) is 14.3. The molecule has 8 nitrogen and oxygen atoms in total. The number of furan rings is 2. The summed E-state index contributed by atoms with van der Waals surface area (Å²) < 4.78 is 12.6. The van der Waals surface area contributed by atoms with Crippen LogP contribution in [0.15, 0.2) is 75.0 Å². The molecule has 0 radical (unpaired) electrons. The minimum atomic E-state index is -0.128. The molecule has 1 amide bonds. The van der Waals surface area contributed by atoms with Crippen LogP contribution in [-0.2, 0) is 11.3 Å². The molecule has 5 rings (SSSR count). The molecule has 0 saturated heterocycles. The lowest BCUT2D eigenvalue weighted by atomic mass is 10.2. The fourth-order valence-electron chi connectivity index (χ4n) is 3.00. The molecule has 0 aliphatic heterocycles. The van der Waals surface area contributed by atoms with Crippen LogP contribution in [0, 0.1) is 0 Å². The van der Waals surface area contributed by atoms with Gasteiger partial charge in [-0.3, -0.25) is 9.20 Å². The maximum Gasteiger partial charge on any atom is 0.230 e. The summed E-state index contributed by atoms with van der Waals surface area (Å²) in [5, 5.41) is 12.9. The van der Waals surface area contributed by atoms with E-state index in [4.69, 9.17) is 13.8 Å². The van der Waals surface area contributed by atoms with Gasteiger partial charge < -0.3 is 14.2 Å². The molecule has 0 aliphatic rings. The van der Waals surface area contributed by atoms with E-state index < -0.39 is 0 Å². The van der Waals surface area contributed by atoms with Crippen LogP contribution >= 0.6 is 11.8 Å². The molecule has 0 unspecified atom stereocenters. The first-order valence-corrected chi connectivity index (χ1v) is 9.88. The topological polar surface area (TPSA) is 98.5 Å². The van der Waals surface area contributed by atoms with E-state index in [0.29, 0.717) is 34.7 Å². The largest absolute Gasteiger partial charge is 0.467 e. The van der Waals surface area contributed by atoms with Gasteiger partial charge in [-0.15, -0.1) is 10.2 Å². The minimum Gasteiger partial charge on any atom is -0.467 e. The third-order valence-electron chi connectivity index (χ3n) is 4.33. The van der Waals surface area contributed by atoms with Crippen molar-refractivity contribution in [2.75, 3.05) is 5.75 Å². The zero-order valence-corrected chi connectivity index (χ0v) is 15.9. The lowest BCUT2D eigenvalue weighted by Gasteiger charge is -2.07. The summed E-state index contributed by atoms with van der Waals surface area (Å²) in [5.74, 6) is 1.95. The van der Waals surface area contributed by atoms with Crippen molar-refractivity contribution in [1.82, 2.24) is 24.9 Å². The van der Waals surface area contributed by atoms with E-state index in [1.165, 1.54) is 11.8 Å². The van der Waals surface area contributed by atoms with E-state index in [2.05, 4.69) is 15.5 Å². The quantitative estimate of drug-likeness (QED) is 0.431. The van der Waals surface area contributed by atoms with Gasteiger partial charge in [-0.05, 0) is 36.4 Å². The highest BCUT2D eigenvalue weighted by molar-refractivity contribution is 7.99. The Morgan fingerprint density at radius 1 is 1.03 bits per heavy atom. The van der Waals surface area contributed by atoms with Gasteiger partial charge in [0.25, 0.3) is 0 Å². The number of hydrogen-bond donors (Lipinski definition) is 1. The fourth-order valence-corrected chi connectivity index (χ4v) is 3.77. The Bertz CT molecular complexity index is 1280. The first kappa shape index (κ1) is 17.5. The second kappa shape index (κ2) is 7.44. The van der Waals surface area contributed by atoms with Gasteiger partial charge in [-0.25, -0.2) is 4.98 Å². The van der Waals surface area contributed by atoms with Crippen LogP contribution in [0.2, 0.25) is 0 Å². The molecule has 0 aliphatic carbocycles. The van der Waals surface area contributed by atoms with Crippen molar-refractivity contribution in [1.29, 1.82) is 0 Å². The summed E-state index contributed by atoms with van der Waals surface area (Å²) in [7, 11) is 0. The van der Waals surface area contributed by atoms with Crippen LogP contribution in [0.5, 0.6) is 0 Å². The van der Waals surface area contributed by atoms with Gasteiger partial charge in [-0.2, -0.15) is 0 Å². The summed E-state index contributed by atoms with van der Waals surface area (Å²) in [6, 6.07) is 15.0. The van der Waals surface area contributed by atoms with E-state index in [1.54, 1.807) is 24.7 Å². The van der Waals surface area contributed by atoms with Crippen LogP contribution in [0.3, 0.4) is 0 Å². The Morgan fingerprint density at radius 2 is 1.90 bits per heavy atom. The van der Waals surface area contributed by atoms with Crippen molar-refractivity contribution in [2.24, 2.45) is 0 Å². The van der Waals surface area contributed by atoms with E-state index in [0.717, 1.165) is 10.9 Å². The number of thioether (sulfide) groups is 1. The van der Waals surface area contributed by atoms with Crippen LogP contribution in [0.25, 0.3) is 28.1 Å². The number of para-hydroxylation sites is 1. The molecular formula is C20H15N5O3S. The molecule has 0 fully saturated rings. The molecule has 29 heavy (non-hydrogen) atoms. The van der Waals surface area contributed by atoms with Crippen molar-refractivity contribution in [3.05, 3.63) is 66.8 Å². The second-order valence-electron chi connectivity index (χ2n) is 6.22. The minimum absolute atomic E-state index is 0.128. The number of carbonyl (C=O) groups excluding carboxylic acids is 1. The summed E-state index contributed by atoms with van der Waals surface area (Å²) >= 11 is 1.29. The number of aromatic nitrogens is 4. The fraction of sp³-hybridized carbons (Fsp3) is 0.100. The third-order valence-corrected chi connectivity index (χ3v) is 5.26. The normalized spacial score (nSPS) is 11.3. The smallest absolute Gasteiger partial charge is 0.230 e. The monoisotopic (exact) mass is 405 g/mol. The van der Waals surface area contributed by atoms with Gasteiger partial charge in [0.05, 0.1) is 30.3 Å². The number of nitrogens with one attached hydrogen (secondary N) is 1. The zero-order valence-electron chi connectivity index (χ0n) is 15.1. The number of rotatable bonds is 6. The molecule has 0 spiro atoms. The Hall–Kier alpha value is -3.59. The molecule has 0 atom stereocenters. The molecule has 4 heterocycles. The van der Waals surface area contributed by atoms with Crippen LogP contribution < -0.4 is 5.32 Å². The number of benzene rings is 1. The molecule has 144 valence electrons. The third kappa shape index (κ3) is 3.36. The van der Waals surface area contributed by atoms with Crippen molar-refractivity contribution in [2.45, 2.75) is 11.7 Å². The van der Waals surface area contributed by atoms with Crippen molar-refractivity contribution in [3.8, 4) is 11.6 Å². The average molecular weight is 405 g/mol. The first-order valence-electron chi connectivity index (χ1n) is 8.89. The van der Waals surface area contributed by atoms with Gasteiger partial charge in [0.1, 0.15) is 5.76 Å². The molecule has 0 bridgehead atoms. The van der Waals surface area contributed by atoms with Gasteiger partial charge in [0.15, 0.2) is 22.4 Å². The van der Waals surface area contributed by atoms with Gasteiger partial charge in [0.2, 0.25) is 5.91 Å². The molecule has 9 heteroatoms. The van der Waals surface area contributed by atoms with Crippen LogP contribution in [-0.4, -0.2) is 31.2 Å². The van der Waals surface area contributed by atoms with Gasteiger partial charge in [0, 0.05) is 5.39 Å². The standard InChI is InChI=1S/C20H15N5O3S/c26-17(21-11-13-5-3-9-27-13)12-29-20-24-23-18-14-6-1-2-7-15(14)22-19(25(18)20)16-8-4-10-28-16/h1-10H,11-12H2,(H,21,26). The molecule has 1 N–H and O–H groups in total. The van der Waals surface area contributed by atoms with E-state index in [9.17, 15) is 4.79 Å². The number of fused-ring (bicyclic) bond motifs is 3. The van der Waals surface area contributed by atoms with Crippen LogP contribution in [0.4, 0.5) is 0 Å². The zero-order chi connectivity index (χ0) is 19.6. The van der Waals surface area contributed by atoms with Gasteiger partial charge in [-0.1, -0.05) is 23.9 Å². The van der Waals surface area contributed by atoms with Crippen molar-refractivity contribution in [3.63, 3.8) is 0 Å². The highest BCUT2D eigenvalue weighted by Crippen LogP contribution is 2.29. The lowest BCUT2D eigenvalue weighted by Crippen LogP contribution is -2.24. The van der Waals surface area contributed by atoms with E-state index >= 15 is 0 Å². The number of hydrogen-bond acceptors (Lipinski definition) is 7. The summed E-state index contributed by atoms with van der Waals surface area (Å²) in [5.41, 5.74) is 1.46. The Balaban J connectivity index is 1.46. The highest BCUT2D eigenvalue weighted by Gasteiger charge is 2.18. The summed E-state index contributed by atoms with van der Waals surface area (Å²) in [4.78, 5) is 17.0. The maximum absolute atomic E-state index is 12.2. The Morgan fingerprint density at radius 3 is 2.72 bits per heavy atom. The number of amides is 1. The summed E-state index contributed by atoms with van der Waals surface area (Å²) in [6.45, 7) is 0.344. The van der Waals surface area contributed by atoms with E-state index in [1.807, 2.05) is 40.8 Å². The molecule has 0 saturated carbocycles. The molecule has 5 aromatic rings. The molecule has 4 aromatic heterocycles. The Kier molecular flexibility index (Phi) is 4.49. The predicted molar refractivity (Wildman–Crippen MR) is 107 cm³/mol. The SMILES string of the molecule is O=C(CSc1nnc2c3ccccc3nc(-c3ccco3)n12)NCc1ccco1. The molecular weight excluding hydrogens is 390 g/mol. The highest BCUT2D eigenvalue weighted by atomic mass is 32.2. The Labute approximate surface area is 168 Å².